The molecule has 2 amide bonds. The third kappa shape index (κ3) is 3.35. The van der Waals surface area contributed by atoms with Crippen LogP contribution in [0.3, 0.4) is 0 Å². The number of amides is 2. The molecule has 7 nitrogen and oxygen atoms in total. The number of hydrogen-bond acceptors (Lipinski definition) is 4. The summed E-state index contributed by atoms with van der Waals surface area (Å²) in [4.78, 5) is 22.4. The Morgan fingerprint density at radius 3 is 2.80 bits per heavy atom. The predicted molar refractivity (Wildman–Crippen MR) is 74.1 cm³/mol. The second-order valence-corrected chi connectivity index (χ2v) is 4.21. The van der Waals surface area contributed by atoms with E-state index >= 15 is 0 Å². The van der Waals surface area contributed by atoms with E-state index in [9.17, 15) is 9.59 Å². The quantitative estimate of drug-likeness (QED) is 0.668. The number of anilines is 1. The maximum absolute atomic E-state index is 11.8. The van der Waals surface area contributed by atoms with Crippen molar-refractivity contribution in [2.45, 2.75) is 6.42 Å². The van der Waals surface area contributed by atoms with Crippen molar-refractivity contribution in [3.8, 4) is 5.69 Å². The van der Waals surface area contributed by atoms with Crippen molar-refractivity contribution >= 4 is 17.5 Å². The van der Waals surface area contributed by atoms with Gasteiger partial charge in [0.25, 0.3) is 5.91 Å². The van der Waals surface area contributed by atoms with Gasteiger partial charge in [0.1, 0.15) is 0 Å². The van der Waals surface area contributed by atoms with Crippen molar-refractivity contribution in [1.29, 1.82) is 0 Å². The van der Waals surface area contributed by atoms with E-state index in [1.54, 1.807) is 35.1 Å². The Bertz CT molecular complexity index is 635. The molecule has 0 spiro atoms. The zero-order valence-corrected chi connectivity index (χ0v) is 10.7. The molecule has 2 rings (SSSR count). The maximum Gasteiger partial charge on any atom is 0.271 e. The third-order valence-corrected chi connectivity index (χ3v) is 2.61. The molecule has 1 heterocycles. The first kappa shape index (κ1) is 13.6. The fraction of sp³-hybridized carbons (Fsp3) is 0.154. The summed E-state index contributed by atoms with van der Waals surface area (Å²) in [6.07, 6.45) is 1.76. The van der Waals surface area contributed by atoms with Crippen molar-refractivity contribution in [1.82, 2.24) is 15.1 Å². The van der Waals surface area contributed by atoms with E-state index in [1.807, 2.05) is 6.07 Å². The van der Waals surface area contributed by atoms with Crippen molar-refractivity contribution in [3.63, 3.8) is 0 Å². The first-order chi connectivity index (χ1) is 9.56. The van der Waals surface area contributed by atoms with E-state index in [0.29, 0.717) is 5.69 Å². The lowest BCUT2D eigenvalue weighted by atomic mass is 10.3. The molecule has 1 aromatic heterocycles. The van der Waals surface area contributed by atoms with Crippen LogP contribution in [0.15, 0.2) is 36.5 Å². The van der Waals surface area contributed by atoms with Gasteiger partial charge in [0.15, 0.2) is 5.69 Å². The molecule has 5 N–H and O–H groups in total. The van der Waals surface area contributed by atoms with Gasteiger partial charge in [-0.15, -0.1) is 0 Å². The zero-order chi connectivity index (χ0) is 14.5. The second kappa shape index (κ2) is 5.87. The molecule has 0 unspecified atom stereocenters. The van der Waals surface area contributed by atoms with Gasteiger partial charge in [-0.25, -0.2) is 4.68 Å². The summed E-state index contributed by atoms with van der Waals surface area (Å²) in [6.45, 7) is 0.194. The highest BCUT2D eigenvalue weighted by Crippen LogP contribution is 2.11. The highest BCUT2D eigenvalue weighted by Gasteiger charge is 2.10. The van der Waals surface area contributed by atoms with Crippen molar-refractivity contribution < 1.29 is 9.59 Å². The Hall–Kier alpha value is -2.83. The minimum Gasteiger partial charge on any atom is -0.399 e. The van der Waals surface area contributed by atoms with Gasteiger partial charge in [-0.1, -0.05) is 6.07 Å². The fourth-order valence-electron chi connectivity index (χ4n) is 1.65. The van der Waals surface area contributed by atoms with Gasteiger partial charge >= 0.3 is 0 Å². The number of benzene rings is 1. The van der Waals surface area contributed by atoms with Crippen molar-refractivity contribution in [2.75, 3.05) is 12.3 Å². The van der Waals surface area contributed by atoms with Crippen LogP contribution in [-0.4, -0.2) is 28.1 Å². The molecule has 0 fully saturated rings. The van der Waals surface area contributed by atoms with Crippen LogP contribution in [0.4, 0.5) is 5.69 Å². The van der Waals surface area contributed by atoms with E-state index in [0.717, 1.165) is 5.69 Å². The molecule has 0 aliphatic rings. The Labute approximate surface area is 115 Å². The minimum absolute atomic E-state index is 0.0989. The van der Waals surface area contributed by atoms with Crippen LogP contribution < -0.4 is 16.8 Å². The molecule has 104 valence electrons. The fourth-order valence-corrected chi connectivity index (χ4v) is 1.65. The normalized spacial score (nSPS) is 10.2. The van der Waals surface area contributed by atoms with Gasteiger partial charge in [0, 0.05) is 24.8 Å². The Morgan fingerprint density at radius 2 is 2.10 bits per heavy atom. The largest absolute Gasteiger partial charge is 0.399 e. The zero-order valence-electron chi connectivity index (χ0n) is 10.7. The first-order valence-electron chi connectivity index (χ1n) is 6.04. The highest BCUT2D eigenvalue weighted by atomic mass is 16.2. The maximum atomic E-state index is 11.8. The predicted octanol–water partition coefficient (Wildman–Crippen LogP) is 0.0597. The first-order valence-corrected chi connectivity index (χ1v) is 6.04. The Balaban J connectivity index is 2.05. The SMILES string of the molecule is NC(=O)CCNC(=O)c1ccn(-c2cccc(N)c2)n1. The van der Waals surface area contributed by atoms with Crippen LogP contribution in [0.1, 0.15) is 16.9 Å². The standard InChI is InChI=1S/C13H15N5O2/c14-9-2-1-3-10(8-9)18-7-5-11(17-18)13(20)16-6-4-12(15)19/h1-3,5,7-8H,4,6,14H2,(H2,15,19)(H,16,20). The lowest BCUT2D eigenvalue weighted by Gasteiger charge is -2.03. The van der Waals surface area contributed by atoms with Gasteiger partial charge < -0.3 is 16.8 Å². The lowest BCUT2D eigenvalue weighted by Crippen LogP contribution is -2.28. The monoisotopic (exact) mass is 273 g/mol. The topological polar surface area (TPSA) is 116 Å². The van der Waals surface area contributed by atoms with E-state index in [2.05, 4.69) is 10.4 Å². The molecule has 1 aromatic carbocycles. The van der Waals surface area contributed by atoms with E-state index in [4.69, 9.17) is 11.5 Å². The van der Waals surface area contributed by atoms with Gasteiger partial charge in [-0.3, -0.25) is 9.59 Å². The summed E-state index contributed by atoms with van der Waals surface area (Å²) in [5.74, 6) is -0.815. The van der Waals surface area contributed by atoms with E-state index in [-0.39, 0.29) is 24.6 Å². The van der Waals surface area contributed by atoms with Gasteiger partial charge in [0.2, 0.25) is 5.91 Å². The van der Waals surface area contributed by atoms with Gasteiger partial charge in [-0.05, 0) is 24.3 Å². The third-order valence-electron chi connectivity index (χ3n) is 2.61. The molecule has 0 radical (unpaired) electrons. The van der Waals surface area contributed by atoms with Gasteiger partial charge in [-0.2, -0.15) is 5.10 Å². The lowest BCUT2D eigenvalue weighted by molar-refractivity contribution is -0.117. The molecule has 0 saturated heterocycles. The van der Waals surface area contributed by atoms with Crippen LogP contribution >= 0.6 is 0 Å². The number of nitrogen functional groups attached to an aromatic ring is 1. The molecule has 2 aromatic rings. The van der Waals surface area contributed by atoms with Crippen LogP contribution in [-0.2, 0) is 4.79 Å². The van der Waals surface area contributed by atoms with Crippen LogP contribution in [0, 0.1) is 0 Å². The van der Waals surface area contributed by atoms with E-state index in [1.165, 1.54) is 0 Å². The summed E-state index contributed by atoms with van der Waals surface area (Å²) in [7, 11) is 0. The average molecular weight is 273 g/mol. The number of nitrogens with two attached hydrogens (primary N) is 2. The molecular weight excluding hydrogens is 258 g/mol. The Morgan fingerprint density at radius 1 is 1.30 bits per heavy atom. The molecule has 0 aliphatic carbocycles. The van der Waals surface area contributed by atoms with Crippen LogP contribution in [0.25, 0.3) is 5.69 Å². The smallest absolute Gasteiger partial charge is 0.271 e. The number of nitrogens with zero attached hydrogens (tertiary/aromatic N) is 2. The van der Waals surface area contributed by atoms with E-state index < -0.39 is 5.91 Å². The number of nitrogens with one attached hydrogen (secondary N) is 1. The average Bonchev–Trinajstić information content (AvgIpc) is 2.87. The molecule has 20 heavy (non-hydrogen) atoms. The molecule has 7 heteroatoms. The number of primary amides is 1. The summed E-state index contributed by atoms with van der Waals surface area (Å²) >= 11 is 0. The van der Waals surface area contributed by atoms with Crippen molar-refractivity contribution in [3.05, 3.63) is 42.2 Å². The number of carbonyl (C=O) groups excluding carboxylic acids is 2. The summed E-state index contributed by atoms with van der Waals surface area (Å²) in [6, 6.07) is 8.74. The molecule has 0 aliphatic heterocycles. The molecule has 0 atom stereocenters. The minimum atomic E-state index is -0.462. The number of carbonyl (C=O) groups is 2. The molecular formula is C13H15N5O2. The molecule has 0 bridgehead atoms. The van der Waals surface area contributed by atoms with Crippen LogP contribution in [0.5, 0.6) is 0 Å². The number of hydrogen-bond donors (Lipinski definition) is 3. The summed E-state index contributed by atoms with van der Waals surface area (Å²) in [5, 5.41) is 6.72. The summed E-state index contributed by atoms with van der Waals surface area (Å²) in [5.41, 5.74) is 12.3. The number of rotatable bonds is 5. The highest BCUT2D eigenvalue weighted by molar-refractivity contribution is 5.92. The van der Waals surface area contributed by atoms with Gasteiger partial charge in [0.05, 0.1) is 5.69 Å². The van der Waals surface area contributed by atoms with Crippen LogP contribution in [0.2, 0.25) is 0 Å². The second-order valence-electron chi connectivity index (χ2n) is 4.21. The molecule has 0 saturated carbocycles. The van der Waals surface area contributed by atoms with Crippen molar-refractivity contribution in [2.24, 2.45) is 5.73 Å². The number of aromatic nitrogens is 2. The Kier molecular flexibility index (Phi) is 3.99. The summed E-state index contributed by atoms with van der Waals surface area (Å²) < 4.78 is 1.55.